The Hall–Kier alpha value is -3.29. The topological polar surface area (TPSA) is 96.1 Å². The molecule has 1 heterocycles. The molecule has 0 aliphatic rings. The van der Waals surface area contributed by atoms with Gasteiger partial charge >= 0.3 is 0 Å². The summed E-state index contributed by atoms with van der Waals surface area (Å²) in [7, 11) is 4.54. The number of carbonyl (C=O) groups excluding carboxylic acids is 1. The third-order valence-corrected chi connectivity index (χ3v) is 3.13. The molecule has 0 bridgehead atoms. The van der Waals surface area contributed by atoms with Crippen LogP contribution in [0, 0.1) is 5.21 Å². The van der Waals surface area contributed by atoms with E-state index in [0.29, 0.717) is 33.1 Å². The normalized spacial score (nSPS) is 10.5. The van der Waals surface area contributed by atoms with Gasteiger partial charge in [-0.3, -0.25) is 4.79 Å². The summed E-state index contributed by atoms with van der Waals surface area (Å²) in [5.41, 5.74) is 3.35. The maximum Gasteiger partial charge on any atom is 0.271 e. The molecule has 8 nitrogen and oxygen atoms in total. The van der Waals surface area contributed by atoms with Crippen LogP contribution in [0.3, 0.4) is 0 Å². The molecule has 0 saturated carbocycles. The predicted octanol–water partition coefficient (Wildman–Crippen LogP) is 1.11. The Labute approximate surface area is 138 Å². The van der Waals surface area contributed by atoms with Gasteiger partial charge in [0.05, 0.1) is 33.1 Å². The van der Waals surface area contributed by atoms with Crippen LogP contribution in [0.25, 0.3) is 0 Å². The highest BCUT2D eigenvalue weighted by molar-refractivity contribution is 5.94. The van der Waals surface area contributed by atoms with Crippen LogP contribution in [0.4, 0.5) is 0 Å². The number of aromatic nitrogens is 1. The average Bonchev–Trinajstić information content (AvgIpc) is 2.61. The van der Waals surface area contributed by atoms with E-state index in [1.165, 1.54) is 52.1 Å². The molecule has 1 amide bonds. The van der Waals surface area contributed by atoms with Crippen molar-refractivity contribution in [1.82, 2.24) is 5.43 Å². The molecular weight excluding hydrogens is 314 g/mol. The number of rotatable bonds is 6. The van der Waals surface area contributed by atoms with Gasteiger partial charge in [-0.1, -0.05) is 0 Å². The van der Waals surface area contributed by atoms with Gasteiger partial charge in [0.15, 0.2) is 23.9 Å². The van der Waals surface area contributed by atoms with Gasteiger partial charge in [-0.25, -0.2) is 5.43 Å². The van der Waals surface area contributed by atoms with Crippen LogP contribution < -0.4 is 24.4 Å². The lowest BCUT2D eigenvalue weighted by atomic mass is 10.2. The summed E-state index contributed by atoms with van der Waals surface area (Å²) in [6, 6.07) is 6.19. The Morgan fingerprint density at radius 3 is 2.21 bits per heavy atom. The monoisotopic (exact) mass is 331 g/mol. The second kappa shape index (κ2) is 7.82. The van der Waals surface area contributed by atoms with Crippen molar-refractivity contribution in [1.29, 1.82) is 0 Å². The Morgan fingerprint density at radius 1 is 1.12 bits per heavy atom. The molecule has 0 unspecified atom stereocenters. The SMILES string of the molecule is COc1cc(C=NNC(=O)c2cc[n+]([O-])cc2)cc(OC)c1OC. The van der Waals surface area contributed by atoms with Gasteiger partial charge in [-0.2, -0.15) is 9.83 Å². The fraction of sp³-hybridized carbons (Fsp3) is 0.188. The highest BCUT2D eigenvalue weighted by Gasteiger charge is 2.12. The second-order valence-corrected chi connectivity index (χ2v) is 4.60. The van der Waals surface area contributed by atoms with Crippen LogP contribution in [0.2, 0.25) is 0 Å². The number of hydrogen-bond donors (Lipinski definition) is 1. The lowest BCUT2D eigenvalue weighted by molar-refractivity contribution is -0.605. The van der Waals surface area contributed by atoms with E-state index in [0.717, 1.165) is 0 Å². The first-order chi connectivity index (χ1) is 11.6. The Kier molecular flexibility index (Phi) is 5.56. The molecule has 0 spiro atoms. The van der Waals surface area contributed by atoms with E-state index >= 15 is 0 Å². The summed E-state index contributed by atoms with van der Waals surface area (Å²) in [5, 5.41) is 14.8. The van der Waals surface area contributed by atoms with Crippen molar-refractivity contribution in [3.05, 3.63) is 53.0 Å². The van der Waals surface area contributed by atoms with Gasteiger partial charge in [0.1, 0.15) is 0 Å². The zero-order chi connectivity index (χ0) is 17.5. The molecule has 1 aromatic carbocycles. The molecular formula is C16H17N3O5. The van der Waals surface area contributed by atoms with E-state index in [-0.39, 0.29) is 0 Å². The molecule has 0 aliphatic heterocycles. The molecule has 0 radical (unpaired) electrons. The zero-order valence-electron chi connectivity index (χ0n) is 13.5. The van der Waals surface area contributed by atoms with Crippen LogP contribution >= 0.6 is 0 Å². The van der Waals surface area contributed by atoms with Crippen LogP contribution in [-0.2, 0) is 0 Å². The summed E-state index contributed by atoms with van der Waals surface area (Å²) in [4.78, 5) is 11.9. The summed E-state index contributed by atoms with van der Waals surface area (Å²) in [6.45, 7) is 0. The Bertz CT molecular complexity index is 719. The second-order valence-electron chi connectivity index (χ2n) is 4.60. The highest BCUT2D eigenvalue weighted by Crippen LogP contribution is 2.37. The maximum absolute atomic E-state index is 11.9. The molecule has 2 aromatic rings. The van der Waals surface area contributed by atoms with Crippen molar-refractivity contribution in [2.75, 3.05) is 21.3 Å². The minimum Gasteiger partial charge on any atom is -0.619 e. The lowest BCUT2D eigenvalue weighted by Gasteiger charge is -2.12. The zero-order valence-corrected chi connectivity index (χ0v) is 13.5. The number of hydrazone groups is 1. The molecule has 0 atom stereocenters. The molecule has 0 fully saturated rings. The van der Waals surface area contributed by atoms with Crippen LogP contribution in [-0.4, -0.2) is 33.5 Å². The summed E-state index contributed by atoms with van der Waals surface area (Å²) in [6.07, 6.45) is 3.91. The molecule has 24 heavy (non-hydrogen) atoms. The number of carbonyl (C=O) groups is 1. The van der Waals surface area contributed by atoms with Crippen molar-refractivity contribution >= 4 is 12.1 Å². The number of nitrogens with zero attached hydrogens (tertiary/aromatic N) is 2. The fourth-order valence-electron chi connectivity index (χ4n) is 1.97. The van der Waals surface area contributed by atoms with Crippen molar-refractivity contribution in [2.45, 2.75) is 0 Å². The highest BCUT2D eigenvalue weighted by atomic mass is 16.5. The van der Waals surface area contributed by atoms with Gasteiger partial charge in [0.2, 0.25) is 5.75 Å². The van der Waals surface area contributed by atoms with E-state index in [2.05, 4.69) is 10.5 Å². The first-order valence-electron chi connectivity index (χ1n) is 6.91. The van der Waals surface area contributed by atoms with E-state index in [1.54, 1.807) is 12.1 Å². The van der Waals surface area contributed by atoms with Crippen molar-refractivity contribution in [3.63, 3.8) is 0 Å². The third-order valence-electron chi connectivity index (χ3n) is 3.13. The number of benzene rings is 1. The average molecular weight is 331 g/mol. The minimum atomic E-state index is -0.431. The van der Waals surface area contributed by atoms with Gasteiger partial charge in [0, 0.05) is 17.7 Å². The number of methoxy groups -OCH3 is 3. The van der Waals surface area contributed by atoms with Crippen molar-refractivity contribution in [2.24, 2.45) is 5.10 Å². The van der Waals surface area contributed by atoms with Crippen LogP contribution in [0.5, 0.6) is 17.2 Å². The molecule has 0 aliphatic carbocycles. The van der Waals surface area contributed by atoms with E-state index in [9.17, 15) is 10.0 Å². The fourth-order valence-corrected chi connectivity index (χ4v) is 1.97. The molecule has 8 heteroatoms. The standard InChI is InChI=1S/C16H17N3O5/c1-22-13-8-11(9-14(23-2)15(13)24-3)10-17-18-16(20)12-4-6-19(21)7-5-12/h4-10H,1-3H3,(H,18,20). The van der Waals surface area contributed by atoms with Gasteiger partial charge in [-0.05, 0) is 12.1 Å². The largest absolute Gasteiger partial charge is 0.619 e. The van der Waals surface area contributed by atoms with Gasteiger partial charge in [0.25, 0.3) is 5.91 Å². The van der Waals surface area contributed by atoms with Gasteiger partial charge in [-0.15, -0.1) is 0 Å². The van der Waals surface area contributed by atoms with E-state index < -0.39 is 5.91 Å². The number of ether oxygens (including phenoxy) is 3. The van der Waals surface area contributed by atoms with E-state index in [4.69, 9.17) is 14.2 Å². The smallest absolute Gasteiger partial charge is 0.271 e. The summed E-state index contributed by atoms with van der Waals surface area (Å²) < 4.78 is 16.3. The maximum atomic E-state index is 11.9. The molecule has 2 rings (SSSR count). The first-order valence-corrected chi connectivity index (χ1v) is 6.91. The predicted molar refractivity (Wildman–Crippen MR) is 86.6 cm³/mol. The Morgan fingerprint density at radius 2 is 1.71 bits per heavy atom. The summed E-state index contributed by atoms with van der Waals surface area (Å²) in [5.74, 6) is 0.996. The minimum absolute atomic E-state index is 0.323. The van der Waals surface area contributed by atoms with Crippen LogP contribution in [0.15, 0.2) is 41.8 Å². The van der Waals surface area contributed by atoms with Gasteiger partial charge < -0.3 is 19.4 Å². The van der Waals surface area contributed by atoms with E-state index in [1.807, 2.05) is 0 Å². The lowest BCUT2D eigenvalue weighted by Crippen LogP contribution is -2.26. The quantitative estimate of drug-likeness (QED) is 0.370. The number of nitrogens with one attached hydrogen (secondary N) is 1. The number of pyridine rings is 1. The molecule has 1 aromatic heterocycles. The van der Waals surface area contributed by atoms with Crippen molar-refractivity contribution in [3.8, 4) is 17.2 Å². The van der Waals surface area contributed by atoms with Crippen molar-refractivity contribution < 1.29 is 23.7 Å². The Balaban J connectivity index is 2.14. The number of hydrogen-bond acceptors (Lipinski definition) is 6. The third kappa shape index (κ3) is 3.92. The number of amides is 1. The molecule has 1 N–H and O–H groups in total. The van der Waals surface area contributed by atoms with Crippen LogP contribution in [0.1, 0.15) is 15.9 Å². The first kappa shape index (κ1) is 17.1. The molecule has 0 saturated heterocycles. The summed E-state index contributed by atoms with van der Waals surface area (Å²) >= 11 is 0. The molecule has 126 valence electrons.